The van der Waals surface area contributed by atoms with E-state index in [2.05, 4.69) is 37.9 Å². The Bertz CT molecular complexity index is 214. The Morgan fingerprint density at radius 3 is 2.47 bits per heavy atom. The van der Waals surface area contributed by atoms with Crippen LogP contribution in [-0.2, 0) is 4.74 Å². The van der Waals surface area contributed by atoms with Gasteiger partial charge in [0.15, 0.2) is 0 Å². The summed E-state index contributed by atoms with van der Waals surface area (Å²) in [6.07, 6.45) is 3.33. The van der Waals surface area contributed by atoms with Gasteiger partial charge in [0.1, 0.15) is 0 Å². The number of nitrogens with one attached hydrogen (secondary N) is 1. The molecule has 4 nitrogen and oxygen atoms in total. The van der Waals surface area contributed by atoms with Gasteiger partial charge in [-0.1, -0.05) is 20.3 Å². The van der Waals surface area contributed by atoms with Gasteiger partial charge in [-0.15, -0.1) is 0 Å². The number of hydrogen-bond acceptors (Lipinski definition) is 4. The molecule has 0 aliphatic heterocycles. The van der Waals surface area contributed by atoms with Crippen LogP contribution in [0, 0.1) is 0 Å². The number of unbranched alkanes of at least 4 members (excludes halogenated alkanes) is 1. The first-order valence-electron chi connectivity index (χ1n) is 7.61. The molecule has 2 N–H and O–H groups in total. The minimum Gasteiger partial charge on any atom is -0.394 e. The van der Waals surface area contributed by atoms with Crippen molar-refractivity contribution in [3.05, 3.63) is 0 Å². The fraction of sp³-hybridized carbons (Fsp3) is 1.00. The van der Waals surface area contributed by atoms with Gasteiger partial charge in [-0.05, 0) is 46.3 Å². The molecule has 2 unspecified atom stereocenters. The third-order valence-corrected chi connectivity index (χ3v) is 3.81. The molecule has 0 aliphatic carbocycles. The maximum Gasteiger partial charge on any atom is 0.0615 e. The first-order chi connectivity index (χ1) is 9.02. The summed E-state index contributed by atoms with van der Waals surface area (Å²) in [6, 6.07) is 0.480. The van der Waals surface area contributed by atoms with Gasteiger partial charge in [-0.3, -0.25) is 4.90 Å². The fourth-order valence-electron chi connectivity index (χ4n) is 2.52. The smallest absolute Gasteiger partial charge is 0.0615 e. The molecule has 19 heavy (non-hydrogen) atoms. The van der Waals surface area contributed by atoms with Crippen molar-refractivity contribution in [1.29, 1.82) is 0 Å². The Labute approximate surface area is 119 Å². The molecule has 0 rings (SSSR count). The van der Waals surface area contributed by atoms with Gasteiger partial charge in [0, 0.05) is 18.7 Å². The molecular weight excluding hydrogens is 240 g/mol. The topological polar surface area (TPSA) is 44.7 Å². The summed E-state index contributed by atoms with van der Waals surface area (Å²) in [7, 11) is 1.76. The van der Waals surface area contributed by atoms with Crippen LogP contribution in [0.2, 0.25) is 0 Å². The van der Waals surface area contributed by atoms with Crippen LogP contribution >= 0.6 is 0 Å². The van der Waals surface area contributed by atoms with Crippen molar-refractivity contribution in [3.63, 3.8) is 0 Å². The van der Waals surface area contributed by atoms with Gasteiger partial charge in [0.2, 0.25) is 0 Å². The molecule has 0 amide bonds. The van der Waals surface area contributed by atoms with Crippen molar-refractivity contribution in [3.8, 4) is 0 Å². The van der Waals surface area contributed by atoms with Crippen LogP contribution in [0.1, 0.15) is 47.0 Å². The van der Waals surface area contributed by atoms with E-state index in [0.717, 1.165) is 39.1 Å². The monoisotopic (exact) mass is 274 g/mol. The average Bonchev–Trinajstić information content (AvgIpc) is 2.39. The highest BCUT2D eigenvalue weighted by atomic mass is 16.5. The van der Waals surface area contributed by atoms with Crippen molar-refractivity contribution in [1.82, 2.24) is 10.2 Å². The van der Waals surface area contributed by atoms with Gasteiger partial charge >= 0.3 is 0 Å². The van der Waals surface area contributed by atoms with Crippen molar-refractivity contribution >= 4 is 0 Å². The molecule has 0 bridgehead atoms. The molecule has 116 valence electrons. The lowest BCUT2D eigenvalue weighted by Gasteiger charge is -2.30. The first-order valence-corrected chi connectivity index (χ1v) is 7.61. The van der Waals surface area contributed by atoms with Gasteiger partial charge in [0.25, 0.3) is 0 Å². The maximum atomic E-state index is 9.44. The zero-order valence-electron chi connectivity index (χ0n) is 13.5. The molecular formula is C15H34N2O2. The van der Waals surface area contributed by atoms with Crippen molar-refractivity contribution in [2.45, 2.75) is 58.5 Å². The van der Waals surface area contributed by atoms with Crippen LogP contribution in [0.5, 0.6) is 0 Å². The fourth-order valence-corrected chi connectivity index (χ4v) is 2.52. The Hall–Kier alpha value is -0.160. The summed E-state index contributed by atoms with van der Waals surface area (Å²) < 4.78 is 5.21. The lowest BCUT2D eigenvalue weighted by atomic mass is 9.95. The molecule has 2 atom stereocenters. The third kappa shape index (κ3) is 7.88. The van der Waals surface area contributed by atoms with Crippen LogP contribution in [0.3, 0.4) is 0 Å². The lowest BCUT2D eigenvalue weighted by molar-refractivity contribution is 0.0998. The normalized spacial score (nSPS) is 16.6. The molecule has 4 heteroatoms. The zero-order chi connectivity index (χ0) is 14.7. The lowest BCUT2D eigenvalue weighted by Crippen LogP contribution is -2.45. The number of likely N-dealkylation sites (N-methyl/N-ethyl adjacent to an activating group) is 2. The Morgan fingerprint density at radius 2 is 2.00 bits per heavy atom. The first kappa shape index (κ1) is 18.8. The second-order valence-corrected chi connectivity index (χ2v) is 5.64. The maximum absolute atomic E-state index is 9.44. The molecule has 0 spiro atoms. The molecule has 0 saturated carbocycles. The number of methoxy groups -OCH3 is 1. The highest BCUT2D eigenvalue weighted by molar-refractivity contribution is 4.81. The average molecular weight is 274 g/mol. The second kappa shape index (κ2) is 10.6. The summed E-state index contributed by atoms with van der Waals surface area (Å²) >= 11 is 0. The Balaban J connectivity index is 3.93. The number of hydrogen-bond donors (Lipinski definition) is 2. The minimum atomic E-state index is -0.121. The summed E-state index contributed by atoms with van der Waals surface area (Å²) in [5.41, 5.74) is -0.121. The second-order valence-electron chi connectivity index (χ2n) is 5.64. The van der Waals surface area contributed by atoms with Crippen molar-refractivity contribution in [2.75, 3.05) is 40.0 Å². The van der Waals surface area contributed by atoms with Crippen LogP contribution in [0.4, 0.5) is 0 Å². The van der Waals surface area contributed by atoms with Crippen LogP contribution in [0.25, 0.3) is 0 Å². The standard InChI is InChI=1S/C15H34N2O2/c1-6-16-15(4,13-18)10-8-9-11-17(7-2)14(3)12-19-5/h14,16,18H,6-13H2,1-5H3. The summed E-state index contributed by atoms with van der Waals surface area (Å²) in [6.45, 7) is 12.7. The molecule has 0 fully saturated rings. The zero-order valence-corrected chi connectivity index (χ0v) is 13.5. The SMILES string of the molecule is CCNC(C)(CO)CCCCN(CC)C(C)COC. The highest BCUT2D eigenvalue weighted by Crippen LogP contribution is 2.14. The molecule has 0 radical (unpaired) electrons. The van der Waals surface area contributed by atoms with Crippen LogP contribution in [-0.4, -0.2) is 61.5 Å². The van der Waals surface area contributed by atoms with Crippen LogP contribution in [0.15, 0.2) is 0 Å². The predicted octanol–water partition coefficient (Wildman–Crippen LogP) is 1.87. The van der Waals surface area contributed by atoms with Crippen LogP contribution < -0.4 is 5.32 Å². The van der Waals surface area contributed by atoms with E-state index in [1.165, 1.54) is 6.42 Å². The number of ether oxygens (including phenoxy) is 1. The van der Waals surface area contributed by atoms with E-state index < -0.39 is 0 Å². The molecule has 0 saturated heterocycles. The van der Waals surface area contributed by atoms with E-state index in [4.69, 9.17) is 4.74 Å². The highest BCUT2D eigenvalue weighted by Gasteiger charge is 2.21. The number of aliphatic hydroxyl groups is 1. The number of aliphatic hydroxyl groups excluding tert-OH is 1. The van der Waals surface area contributed by atoms with Crippen molar-refractivity contribution in [2.24, 2.45) is 0 Å². The van der Waals surface area contributed by atoms with Gasteiger partial charge in [0.05, 0.1) is 13.2 Å². The minimum absolute atomic E-state index is 0.121. The largest absolute Gasteiger partial charge is 0.394 e. The quantitative estimate of drug-likeness (QED) is 0.533. The molecule has 0 aromatic rings. The number of nitrogens with zero attached hydrogens (tertiary/aromatic N) is 1. The Kier molecular flexibility index (Phi) is 10.5. The number of rotatable bonds is 12. The molecule has 0 aromatic carbocycles. The molecule has 0 aromatic heterocycles. The Morgan fingerprint density at radius 1 is 1.32 bits per heavy atom. The van der Waals surface area contributed by atoms with E-state index in [1.807, 2.05) is 0 Å². The summed E-state index contributed by atoms with van der Waals surface area (Å²) in [5.74, 6) is 0. The van der Waals surface area contributed by atoms with E-state index in [9.17, 15) is 5.11 Å². The molecule has 0 heterocycles. The van der Waals surface area contributed by atoms with Crippen molar-refractivity contribution < 1.29 is 9.84 Å². The third-order valence-electron chi connectivity index (χ3n) is 3.81. The van der Waals surface area contributed by atoms with E-state index >= 15 is 0 Å². The summed E-state index contributed by atoms with van der Waals surface area (Å²) in [4.78, 5) is 2.45. The van der Waals surface area contributed by atoms with E-state index in [1.54, 1.807) is 7.11 Å². The van der Waals surface area contributed by atoms with Gasteiger partial charge in [-0.25, -0.2) is 0 Å². The predicted molar refractivity (Wildman–Crippen MR) is 81.6 cm³/mol. The van der Waals surface area contributed by atoms with Gasteiger partial charge in [-0.2, -0.15) is 0 Å². The van der Waals surface area contributed by atoms with E-state index in [0.29, 0.717) is 6.04 Å². The summed E-state index contributed by atoms with van der Waals surface area (Å²) in [5, 5.41) is 12.8. The molecule has 0 aliphatic rings. The van der Waals surface area contributed by atoms with E-state index in [-0.39, 0.29) is 12.1 Å². The van der Waals surface area contributed by atoms with Gasteiger partial charge < -0.3 is 15.2 Å².